The lowest BCUT2D eigenvalue weighted by Gasteiger charge is -2.09. The Balaban J connectivity index is 2.20. The monoisotopic (exact) mass is 351 g/mol. The van der Waals surface area contributed by atoms with Gasteiger partial charge in [-0.05, 0) is 30.3 Å². The number of nitrogens with zero attached hydrogens (tertiary/aromatic N) is 1. The number of methoxy groups -OCH3 is 1. The predicted molar refractivity (Wildman–Crippen MR) is 85.2 cm³/mol. The van der Waals surface area contributed by atoms with Crippen LogP contribution in [0.2, 0.25) is 5.02 Å². The molecule has 2 aromatic carbocycles. The molecule has 4 nitrogen and oxygen atoms in total. The van der Waals surface area contributed by atoms with Crippen molar-refractivity contribution in [1.29, 1.82) is 0 Å². The van der Waals surface area contributed by atoms with Crippen LogP contribution in [-0.4, -0.2) is 20.5 Å². The van der Waals surface area contributed by atoms with E-state index in [4.69, 9.17) is 16.3 Å². The summed E-state index contributed by atoms with van der Waals surface area (Å²) in [5.74, 6) is -0.0217. The van der Waals surface area contributed by atoms with Gasteiger partial charge in [0.05, 0.1) is 17.0 Å². The van der Waals surface area contributed by atoms with Crippen LogP contribution in [0, 0.1) is 5.82 Å². The first-order valence-corrected chi connectivity index (χ1v) is 8.43. The summed E-state index contributed by atoms with van der Waals surface area (Å²) < 4.78 is 44.2. The molecule has 0 saturated heterocycles. The van der Waals surface area contributed by atoms with Gasteiger partial charge in [-0.1, -0.05) is 23.7 Å². The summed E-state index contributed by atoms with van der Waals surface area (Å²) in [6.07, 6.45) is 1.08. The highest BCUT2D eigenvalue weighted by Crippen LogP contribution is 2.33. The number of sulfone groups is 1. The molecule has 1 heterocycles. The first kappa shape index (κ1) is 15.7. The fourth-order valence-electron chi connectivity index (χ4n) is 2.21. The van der Waals surface area contributed by atoms with Crippen molar-refractivity contribution in [2.24, 2.45) is 0 Å². The van der Waals surface area contributed by atoms with E-state index >= 15 is 0 Å². The minimum absolute atomic E-state index is 0.0335. The number of halogens is 2. The van der Waals surface area contributed by atoms with E-state index in [2.05, 4.69) is 4.98 Å². The third kappa shape index (κ3) is 2.64. The third-order valence-corrected chi connectivity index (χ3v) is 5.71. The van der Waals surface area contributed by atoms with Crippen molar-refractivity contribution in [3.8, 4) is 5.75 Å². The van der Waals surface area contributed by atoms with Gasteiger partial charge in [-0.15, -0.1) is 0 Å². The van der Waals surface area contributed by atoms with Crippen molar-refractivity contribution in [2.45, 2.75) is 9.79 Å². The zero-order valence-electron chi connectivity index (χ0n) is 12.0. The topological polar surface area (TPSA) is 56.3 Å². The Hall–Kier alpha value is -2.18. The van der Waals surface area contributed by atoms with E-state index in [-0.39, 0.29) is 25.7 Å². The fourth-order valence-corrected chi connectivity index (χ4v) is 4.00. The molecule has 3 rings (SSSR count). The van der Waals surface area contributed by atoms with Crippen molar-refractivity contribution < 1.29 is 17.5 Å². The van der Waals surface area contributed by atoms with E-state index < -0.39 is 15.7 Å². The quantitative estimate of drug-likeness (QED) is 0.718. The molecule has 1 aromatic heterocycles. The molecule has 23 heavy (non-hydrogen) atoms. The highest BCUT2D eigenvalue weighted by molar-refractivity contribution is 7.91. The van der Waals surface area contributed by atoms with Crippen molar-refractivity contribution in [2.75, 3.05) is 7.11 Å². The molecule has 0 aliphatic carbocycles. The summed E-state index contributed by atoms with van der Waals surface area (Å²) in [7, 11) is -2.38. The number of rotatable bonds is 3. The standard InChI is InChI=1S/C16H11ClFNO3S/c1-22-10-5-7-11(8-6-10)23(20,21)14-9-19-16-12(15(14)17)3-2-4-13(16)18/h2-9H,1H3. The van der Waals surface area contributed by atoms with Crippen molar-refractivity contribution >= 4 is 32.3 Å². The van der Waals surface area contributed by atoms with Crippen molar-refractivity contribution in [3.05, 3.63) is 59.5 Å². The van der Waals surface area contributed by atoms with E-state index in [1.54, 1.807) is 0 Å². The SMILES string of the molecule is COc1ccc(S(=O)(=O)c2cnc3c(F)cccc3c2Cl)cc1. The van der Waals surface area contributed by atoms with Gasteiger partial charge in [-0.25, -0.2) is 12.8 Å². The van der Waals surface area contributed by atoms with Crippen LogP contribution in [-0.2, 0) is 9.84 Å². The van der Waals surface area contributed by atoms with Crippen LogP contribution in [0.15, 0.2) is 58.5 Å². The average molecular weight is 352 g/mol. The lowest BCUT2D eigenvalue weighted by atomic mass is 10.2. The molecule has 3 aromatic rings. The lowest BCUT2D eigenvalue weighted by Crippen LogP contribution is -2.04. The molecule has 0 N–H and O–H groups in total. The molecule has 0 atom stereocenters. The first-order chi connectivity index (χ1) is 10.9. The summed E-state index contributed by atoms with van der Waals surface area (Å²) in [5, 5.41) is 0.201. The number of pyridine rings is 1. The molecule has 118 valence electrons. The van der Waals surface area contributed by atoms with E-state index in [1.165, 1.54) is 49.6 Å². The summed E-state index contributed by atoms with van der Waals surface area (Å²) in [6, 6.07) is 10.1. The van der Waals surface area contributed by atoms with Gasteiger partial charge in [-0.3, -0.25) is 4.98 Å². The molecular formula is C16H11ClFNO3S. The second-order valence-electron chi connectivity index (χ2n) is 4.75. The minimum Gasteiger partial charge on any atom is -0.497 e. The Kier molecular flexibility index (Phi) is 3.95. The maximum absolute atomic E-state index is 13.7. The van der Waals surface area contributed by atoms with Crippen LogP contribution >= 0.6 is 11.6 Å². The van der Waals surface area contributed by atoms with Crippen LogP contribution < -0.4 is 4.74 Å². The molecule has 0 spiro atoms. The van der Waals surface area contributed by atoms with Crippen molar-refractivity contribution in [1.82, 2.24) is 4.98 Å². The molecule has 0 unspecified atom stereocenters. The molecular weight excluding hydrogens is 341 g/mol. The zero-order chi connectivity index (χ0) is 16.6. The third-order valence-electron chi connectivity index (χ3n) is 3.41. The Bertz CT molecular complexity index is 988. The maximum Gasteiger partial charge on any atom is 0.209 e. The molecule has 0 saturated carbocycles. The summed E-state index contributed by atoms with van der Waals surface area (Å²) in [4.78, 5) is 3.79. The molecule has 0 aliphatic rings. The summed E-state index contributed by atoms with van der Waals surface area (Å²) >= 11 is 6.20. The molecule has 0 bridgehead atoms. The summed E-state index contributed by atoms with van der Waals surface area (Å²) in [6.45, 7) is 0. The van der Waals surface area contributed by atoms with Crippen LogP contribution in [0.3, 0.4) is 0 Å². The minimum atomic E-state index is -3.87. The van der Waals surface area contributed by atoms with Gasteiger partial charge in [0, 0.05) is 11.6 Å². The first-order valence-electron chi connectivity index (χ1n) is 6.57. The van der Waals surface area contributed by atoms with E-state index in [0.717, 1.165) is 6.20 Å². The maximum atomic E-state index is 13.7. The number of ether oxygens (including phenoxy) is 1. The Morgan fingerprint density at radius 1 is 1.13 bits per heavy atom. The second-order valence-corrected chi connectivity index (χ2v) is 7.05. The molecule has 0 fully saturated rings. The van der Waals surface area contributed by atoms with Gasteiger partial charge in [0.1, 0.15) is 22.0 Å². The van der Waals surface area contributed by atoms with Crippen LogP contribution in [0.5, 0.6) is 5.75 Å². The average Bonchev–Trinajstić information content (AvgIpc) is 2.56. The smallest absolute Gasteiger partial charge is 0.209 e. The van der Waals surface area contributed by atoms with Gasteiger partial charge in [0.25, 0.3) is 0 Å². The normalized spacial score (nSPS) is 11.6. The fraction of sp³-hybridized carbons (Fsp3) is 0.0625. The second kappa shape index (κ2) is 5.79. The van der Waals surface area contributed by atoms with Gasteiger partial charge in [0.15, 0.2) is 0 Å². The largest absolute Gasteiger partial charge is 0.497 e. The van der Waals surface area contributed by atoms with Gasteiger partial charge in [-0.2, -0.15) is 0 Å². The van der Waals surface area contributed by atoms with E-state index in [0.29, 0.717) is 5.75 Å². The van der Waals surface area contributed by atoms with Crippen LogP contribution in [0.25, 0.3) is 10.9 Å². The van der Waals surface area contributed by atoms with Crippen LogP contribution in [0.4, 0.5) is 4.39 Å². The Labute approximate surface area is 137 Å². The Morgan fingerprint density at radius 2 is 1.83 bits per heavy atom. The summed E-state index contributed by atoms with van der Waals surface area (Å²) in [5.41, 5.74) is 0.0335. The number of hydrogen-bond acceptors (Lipinski definition) is 4. The van der Waals surface area contributed by atoms with Crippen LogP contribution in [0.1, 0.15) is 0 Å². The van der Waals surface area contributed by atoms with E-state index in [9.17, 15) is 12.8 Å². The zero-order valence-corrected chi connectivity index (χ0v) is 13.5. The molecule has 7 heteroatoms. The van der Waals surface area contributed by atoms with Gasteiger partial charge in [0.2, 0.25) is 9.84 Å². The number of fused-ring (bicyclic) bond motifs is 1. The highest BCUT2D eigenvalue weighted by atomic mass is 35.5. The Morgan fingerprint density at radius 3 is 2.48 bits per heavy atom. The number of para-hydroxylation sites is 1. The lowest BCUT2D eigenvalue weighted by molar-refractivity contribution is 0.414. The highest BCUT2D eigenvalue weighted by Gasteiger charge is 2.23. The molecule has 0 aliphatic heterocycles. The number of hydrogen-bond donors (Lipinski definition) is 0. The van der Waals surface area contributed by atoms with E-state index in [1.807, 2.05) is 0 Å². The predicted octanol–water partition coefficient (Wildman–Crippen LogP) is 3.87. The number of aromatic nitrogens is 1. The molecule has 0 radical (unpaired) electrons. The van der Waals surface area contributed by atoms with Crippen molar-refractivity contribution in [3.63, 3.8) is 0 Å². The number of benzene rings is 2. The van der Waals surface area contributed by atoms with Gasteiger partial charge < -0.3 is 4.74 Å². The van der Waals surface area contributed by atoms with Gasteiger partial charge >= 0.3 is 0 Å². The molecule has 0 amide bonds.